The normalized spacial score (nSPS) is 9.55. The van der Waals surface area contributed by atoms with Gasteiger partial charge in [-0.15, -0.1) is 0 Å². The zero-order valence-corrected chi connectivity index (χ0v) is 12.7. The van der Waals surface area contributed by atoms with Crippen LogP contribution in [-0.4, -0.2) is 45.9 Å². The maximum absolute atomic E-state index is 12.0. The number of methoxy groups -OCH3 is 2. The Hall–Kier alpha value is -2.70. The number of nitrogens with one attached hydrogen (secondary N) is 2. The van der Waals surface area contributed by atoms with Gasteiger partial charge in [0.15, 0.2) is 0 Å². The number of alkyl carbamates (subject to hydrolysis) is 1. The van der Waals surface area contributed by atoms with E-state index < -0.39 is 6.09 Å². The first-order chi connectivity index (χ1) is 10.6. The van der Waals surface area contributed by atoms with Gasteiger partial charge in [0.2, 0.25) is 0 Å². The van der Waals surface area contributed by atoms with Crippen molar-refractivity contribution in [1.82, 2.24) is 10.6 Å². The average molecular weight is 308 g/mol. The molecule has 0 heterocycles. The number of hydrogen-bond donors (Lipinski definition) is 2. The Kier molecular flexibility index (Phi) is 7.32. The molecule has 0 aromatic heterocycles. The number of carbonyl (C=O) groups is 2. The maximum atomic E-state index is 12.0. The first-order valence-electron chi connectivity index (χ1n) is 6.63. The highest BCUT2D eigenvalue weighted by Gasteiger charge is 2.09. The molecule has 7 heteroatoms. The van der Waals surface area contributed by atoms with Crippen molar-refractivity contribution in [3.8, 4) is 11.5 Å². The molecule has 0 aliphatic heterocycles. The molecular formula is C15H20N2O5. The lowest BCUT2D eigenvalue weighted by atomic mass is 10.2. The lowest BCUT2D eigenvalue weighted by Gasteiger charge is -2.10. The smallest absolute Gasteiger partial charge is 0.407 e. The van der Waals surface area contributed by atoms with Crippen LogP contribution in [0.1, 0.15) is 10.4 Å². The third-order valence-electron chi connectivity index (χ3n) is 2.63. The highest BCUT2D eigenvalue weighted by molar-refractivity contribution is 5.95. The quantitative estimate of drug-likeness (QED) is 0.559. The second-order valence-electron chi connectivity index (χ2n) is 4.17. The van der Waals surface area contributed by atoms with Gasteiger partial charge in [0.25, 0.3) is 5.91 Å². The van der Waals surface area contributed by atoms with E-state index in [1.165, 1.54) is 20.3 Å². The minimum atomic E-state index is -0.558. The van der Waals surface area contributed by atoms with E-state index in [0.717, 1.165) is 0 Å². The van der Waals surface area contributed by atoms with E-state index >= 15 is 0 Å². The first-order valence-corrected chi connectivity index (χ1v) is 6.63. The van der Waals surface area contributed by atoms with E-state index in [9.17, 15) is 9.59 Å². The van der Waals surface area contributed by atoms with Crippen LogP contribution in [0.15, 0.2) is 30.9 Å². The molecule has 0 spiro atoms. The van der Waals surface area contributed by atoms with Gasteiger partial charge in [-0.2, -0.15) is 0 Å². The Bertz CT molecular complexity index is 508. The molecule has 0 bridgehead atoms. The molecule has 2 N–H and O–H groups in total. The Balaban J connectivity index is 2.45. The van der Waals surface area contributed by atoms with Gasteiger partial charge in [0, 0.05) is 24.7 Å². The predicted octanol–water partition coefficient (Wildman–Crippen LogP) is 1.35. The minimum absolute atomic E-state index is 0.141. The summed E-state index contributed by atoms with van der Waals surface area (Å²) in [7, 11) is 3.02. The van der Waals surface area contributed by atoms with Gasteiger partial charge in [0.05, 0.1) is 14.2 Å². The fourth-order valence-electron chi connectivity index (χ4n) is 1.57. The van der Waals surface area contributed by atoms with Gasteiger partial charge in [-0.3, -0.25) is 4.79 Å². The summed E-state index contributed by atoms with van der Waals surface area (Å²) in [5.74, 6) is 0.754. The number of ether oxygens (including phenoxy) is 3. The van der Waals surface area contributed by atoms with E-state index in [2.05, 4.69) is 17.2 Å². The van der Waals surface area contributed by atoms with E-state index in [1.807, 2.05) is 0 Å². The van der Waals surface area contributed by atoms with Crippen LogP contribution in [0.3, 0.4) is 0 Å². The van der Waals surface area contributed by atoms with Gasteiger partial charge in [-0.1, -0.05) is 12.7 Å². The van der Waals surface area contributed by atoms with E-state index in [-0.39, 0.29) is 25.6 Å². The lowest BCUT2D eigenvalue weighted by molar-refractivity contribution is 0.0951. The molecular weight excluding hydrogens is 288 g/mol. The summed E-state index contributed by atoms with van der Waals surface area (Å²) < 4.78 is 14.9. The van der Waals surface area contributed by atoms with E-state index in [0.29, 0.717) is 17.1 Å². The Morgan fingerprint density at radius 3 is 2.23 bits per heavy atom. The van der Waals surface area contributed by atoms with Gasteiger partial charge in [0.1, 0.15) is 18.1 Å². The van der Waals surface area contributed by atoms with E-state index in [4.69, 9.17) is 14.2 Å². The summed E-state index contributed by atoms with van der Waals surface area (Å²) >= 11 is 0. The zero-order valence-electron chi connectivity index (χ0n) is 12.7. The molecule has 0 aliphatic rings. The van der Waals surface area contributed by atoms with Crippen LogP contribution in [0.4, 0.5) is 4.79 Å². The molecule has 1 rings (SSSR count). The average Bonchev–Trinajstić information content (AvgIpc) is 2.55. The van der Waals surface area contributed by atoms with Crippen LogP contribution in [0.5, 0.6) is 11.5 Å². The Labute approximate surface area is 129 Å². The third kappa shape index (κ3) is 5.74. The molecule has 120 valence electrons. The minimum Gasteiger partial charge on any atom is -0.497 e. The fourth-order valence-corrected chi connectivity index (χ4v) is 1.57. The van der Waals surface area contributed by atoms with Crippen molar-refractivity contribution >= 4 is 12.0 Å². The second-order valence-corrected chi connectivity index (χ2v) is 4.17. The summed E-state index contributed by atoms with van der Waals surface area (Å²) in [5.41, 5.74) is 0.408. The molecule has 0 fully saturated rings. The largest absolute Gasteiger partial charge is 0.497 e. The van der Waals surface area contributed by atoms with Crippen LogP contribution < -0.4 is 20.1 Å². The monoisotopic (exact) mass is 308 g/mol. The molecule has 1 aromatic rings. The highest BCUT2D eigenvalue weighted by Crippen LogP contribution is 2.22. The van der Waals surface area contributed by atoms with E-state index in [1.54, 1.807) is 18.2 Å². The molecule has 22 heavy (non-hydrogen) atoms. The fraction of sp³-hybridized carbons (Fsp3) is 0.333. The molecule has 0 saturated heterocycles. The van der Waals surface area contributed by atoms with Crippen LogP contribution in [0, 0.1) is 0 Å². The molecule has 0 atom stereocenters. The summed E-state index contributed by atoms with van der Waals surface area (Å²) in [4.78, 5) is 23.2. The van der Waals surface area contributed by atoms with Gasteiger partial charge >= 0.3 is 6.09 Å². The zero-order chi connectivity index (χ0) is 16.4. The molecule has 0 unspecified atom stereocenters. The Morgan fingerprint density at radius 1 is 1.09 bits per heavy atom. The molecule has 2 amide bonds. The van der Waals surface area contributed by atoms with Crippen molar-refractivity contribution < 1.29 is 23.8 Å². The number of rotatable bonds is 8. The summed E-state index contributed by atoms with van der Waals surface area (Å²) in [6, 6.07) is 4.88. The SMILES string of the molecule is C=CCOC(=O)NCCNC(=O)c1cc(OC)cc(OC)c1. The molecule has 0 radical (unpaired) electrons. The van der Waals surface area contributed by atoms with Crippen LogP contribution in [0.25, 0.3) is 0 Å². The third-order valence-corrected chi connectivity index (χ3v) is 2.63. The van der Waals surface area contributed by atoms with Crippen molar-refractivity contribution in [3.05, 3.63) is 36.4 Å². The second kappa shape index (κ2) is 9.28. The number of carbonyl (C=O) groups excluding carboxylic acids is 2. The molecule has 0 aliphatic carbocycles. The Morgan fingerprint density at radius 2 is 1.68 bits per heavy atom. The number of hydrogen-bond acceptors (Lipinski definition) is 5. The van der Waals surface area contributed by atoms with Gasteiger partial charge < -0.3 is 24.8 Å². The van der Waals surface area contributed by atoms with Crippen molar-refractivity contribution in [2.45, 2.75) is 0 Å². The van der Waals surface area contributed by atoms with Crippen molar-refractivity contribution in [1.29, 1.82) is 0 Å². The number of amides is 2. The maximum Gasteiger partial charge on any atom is 0.407 e. The molecule has 7 nitrogen and oxygen atoms in total. The van der Waals surface area contributed by atoms with Gasteiger partial charge in [-0.05, 0) is 12.1 Å². The number of benzene rings is 1. The predicted molar refractivity (Wildman–Crippen MR) is 81.4 cm³/mol. The van der Waals surface area contributed by atoms with Crippen LogP contribution in [0.2, 0.25) is 0 Å². The van der Waals surface area contributed by atoms with Crippen molar-refractivity contribution in [3.63, 3.8) is 0 Å². The van der Waals surface area contributed by atoms with Crippen LogP contribution in [-0.2, 0) is 4.74 Å². The first kappa shape index (κ1) is 17.4. The van der Waals surface area contributed by atoms with Crippen LogP contribution >= 0.6 is 0 Å². The highest BCUT2D eigenvalue weighted by atomic mass is 16.5. The van der Waals surface area contributed by atoms with Crippen molar-refractivity contribution in [2.75, 3.05) is 33.9 Å². The summed E-state index contributed by atoms with van der Waals surface area (Å²) in [5, 5.41) is 5.17. The van der Waals surface area contributed by atoms with Crippen molar-refractivity contribution in [2.24, 2.45) is 0 Å². The standard InChI is InChI=1S/C15H20N2O5/c1-4-7-22-15(19)17-6-5-16-14(18)11-8-12(20-2)10-13(9-11)21-3/h4,8-10H,1,5-7H2,2-3H3,(H,16,18)(H,17,19). The van der Waals surface area contributed by atoms with Gasteiger partial charge in [-0.25, -0.2) is 4.79 Å². The summed E-state index contributed by atoms with van der Waals surface area (Å²) in [6.07, 6.45) is 0.912. The summed E-state index contributed by atoms with van der Waals surface area (Å²) in [6.45, 7) is 4.09. The lowest BCUT2D eigenvalue weighted by Crippen LogP contribution is -2.35. The molecule has 0 saturated carbocycles. The molecule has 1 aromatic carbocycles. The topological polar surface area (TPSA) is 85.9 Å².